The van der Waals surface area contributed by atoms with Gasteiger partial charge in [0.25, 0.3) is 0 Å². The predicted octanol–water partition coefficient (Wildman–Crippen LogP) is 12.0. The van der Waals surface area contributed by atoms with Crippen molar-refractivity contribution in [2.45, 2.75) is 13.8 Å². The summed E-state index contributed by atoms with van der Waals surface area (Å²) in [5.41, 5.74) is 10.8. The average Bonchev–Trinajstić information content (AvgIpc) is 3.65. The van der Waals surface area contributed by atoms with Crippen molar-refractivity contribution in [3.63, 3.8) is 0 Å². The second-order valence-electron chi connectivity index (χ2n) is 11.4. The Bertz CT molecular complexity index is 2370. The van der Waals surface area contributed by atoms with Crippen molar-refractivity contribution >= 4 is 55.1 Å². The summed E-state index contributed by atoms with van der Waals surface area (Å²) in [6.45, 7) is 4.23. The van der Waals surface area contributed by atoms with Crippen LogP contribution >= 0.6 is 0 Å². The van der Waals surface area contributed by atoms with Crippen molar-refractivity contribution in [1.82, 2.24) is 4.57 Å². The highest BCUT2D eigenvalue weighted by molar-refractivity contribution is 6.26. The summed E-state index contributed by atoms with van der Waals surface area (Å²) >= 11 is 0. The molecule has 0 fully saturated rings. The van der Waals surface area contributed by atoms with E-state index in [1.165, 1.54) is 16.5 Å². The van der Waals surface area contributed by atoms with E-state index in [2.05, 4.69) is 175 Å². The van der Waals surface area contributed by atoms with Crippen molar-refractivity contribution in [2.75, 3.05) is 4.90 Å². The standard InChI is InChI=1S/C42H32N2O/c1-3-4-15-29(2)43(32-18-9-6-10-19-32)38-28-36-34-20-12-14-23-39(34)45-42(36)41-40(38)35-21-11-13-22-37(35)44(41)33-26-24-31(25-27-33)30-16-7-5-8-17-30/h3-28H,1-2H3/b4-3-,29-15+. The molecular weight excluding hydrogens is 548 g/mol. The van der Waals surface area contributed by atoms with Gasteiger partial charge < -0.3 is 13.9 Å². The van der Waals surface area contributed by atoms with Gasteiger partial charge in [0, 0.05) is 38.6 Å². The Morgan fingerprint density at radius 2 is 1.31 bits per heavy atom. The fourth-order valence-electron chi connectivity index (χ4n) is 6.61. The molecule has 0 aliphatic carbocycles. The number of benzene rings is 6. The highest BCUT2D eigenvalue weighted by Crippen LogP contribution is 2.47. The van der Waals surface area contributed by atoms with E-state index in [9.17, 15) is 0 Å². The maximum Gasteiger partial charge on any atom is 0.160 e. The zero-order valence-electron chi connectivity index (χ0n) is 25.3. The number of allylic oxidation sites excluding steroid dienone is 4. The lowest BCUT2D eigenvalue weighted by Gasteiger charge is -2.27. The smallest absolute Gasteiger partial charge is 0.160 e. The van der Waals surface area contributed by atoms with E-state index in [4.69, 9.17) is 4.42 Å². The first-order chi connectivity index (χ1) is 22.2. The average molecular weight is 581 g/mol. The lowest BCUT2D eigenvalue weighted by atomic mass is 10.0. The van der Waals surface area contributed by atoms with Crippen LogP contribution in [0.5, 0.6) is 0 Å². The Labute approximate surface area is 262 Å². The number of para-hydroxylation sites is 3. The highest BCUT2D eigenvalue weighted by atomic mass is 16.3. The summed E-state index contributed by atoms with van der Waals surface area (Å²) in [4.78, 5) is 2.37. The summed E-state index contributed by atoms with van der Waals surface area (Å²) in [5.74, 6) is 0. The molecule has 0 amide bonds. The predicted molar refractivity (Wildman–Crippen MR) is 191 cm³/mol. The maximum absolute atomic E-state index is 6.75. The number of anilines is 2. The van der Waals surface area contributed by atoms with E-state index >= 15 is 0 Å². The molecule has 0 saturated heterocycles. The van der Waals surface area contributed by atoms with E-state index in [0.717, 1.165) is 61.1 Å². The highest BCUT2D eigenvalue weighted by Gasteiger charge is 2.25. The van der Waals surface area contributed by atoms with Crippen LogP contribution in [-0.4, -0.2) is 4.57 Å². The first kappa shape index (κ1) is 26.8. The summed E-state index contributed by atoms with van der Waals surface area (Å²) in [6, 6.07) is 49.4. The Balaban J connectivity index is 1.51. The molecule has 3 nitrogen and oxygen atoms in total. The fourth-order valence-corrected chi connectivity index (χ4v) is 6.61. The van der Waals surface area contributed by atoms with Crippen LogP contribution in [0, 0.1) is 0 Å². The van der Waals surface area contributed by atoms with E-state index in [-0.39, 0.29) is 0 Å². The molecule has 0 saturated carbocycles. The number of fused-ring (bicyclic) bond motifs is 7. The van der Waals surface area contributed by atoms with Gasteiger partial charge >= 0.3 is 0 Å². The molecule has 8 rings (SSSR count). The molecule has 0 radical (unpaired) electrons. The van der Waals surface area contributed by atoms with Gasteiger partial charge in [-0.3, -0.25) is 0 Å². The Hall–Kier alpha value is -5.80. The topological polar surface area (TPSA) is 21.3 Å². The van der Waals surface area contributed by atoms with Crippen LogP contribution in [0.4, 0.5) is 11.4 Å². The van der Waals surface area contributed by atoms with Crippen LogP contribution in [0.25, 0.3) is 60.6 Å². The zero-order valence-corrected chi connectivity index (χ0v) is 25.3. The molecule has 0 atom stereocenters. The Kier molecular flexibility index (Phi) is 6.57. The largest absolute Gasteiger partial charge is 0.454 e. The second kappa shape index (κ2) is 11.0. The van der Waals surface area contributed by atoms with Gasteiger partial charge in [-0.05, 0) is 73.5 Å². The molecule has 0 unspecified atom stereocenters. The molecule has 0 aliphatic heterocycles. The summed E-state index contributed by atoms with van der Waals surface area (Å²) < 4.78 is 9.13. The summed E-state index contributed by atoms with van der Waals surface area (Å²) in [7, 11) is 0. The van der Waals surface area contributed by atoms with Crippen LogP contribution in [0.1, 0.15) is 13.8 Å². The minimum atomic E-state index is 0.884. The number of furan rings is 1. The number of rotatable bonds is 6. The van der Waals surface area contributed by atoms with Crippen LogP contribution in [-0.2, 0) is 0 Å². The van der Waals surface area contributed by atoms with Gasteiger partial charge in [0.2, 0.25) is 0 Å². The minimum absolute atomic E-state index is 0.884. The molecule has 0 bridgehead atoms. The van der Waals surface area contributed by atoms with Crippen molar-refractivity contribution in [2.24, 2.45) is 0 Å². The van der Waals surface area contributed by atoms with Crippen LogP contribution in [0.2, 0.25) is 0 Å². The lowest BCUT2D eigenvalue weighted by molar-refractivity contribution is 0.671. The van der Waals surface area contributed by atoms with Gasteiger partial charge in [0.05, 0.1) is 16.7 Å². The molecule has 0 N–H and O–H groups in total. The van der Waals surface area contributed by atoms with Gasteiger partial charge in [-0.1, -0.05) is 109 Å². The second-order valence-corrected chi connectivity index (χ2v) is 11.4. The number of nitrogens with zero attached hydrogens (tertiary/aromatic N) is 2. The van der Waals surface area contributed by atoms with E-state index in [0.29, 0.717) is 0 Å². The molecule has 0 aliphatic rings. The minimum Gasteiger partial charge on any atom is -0.454 e. The quantitative estimate of drug-likeness (QED) is 0.182. The summed E-state index contributed by atoms with van der Waals surface area (Å²) in [5, 5.41) is 4.53. The molecule has 2 heterocycles. The molecule has 6 aromatic carbocycles. The van der Waals surface area contributed by atoms with Gasteiger partial charge in [-0.15, -0.1) is 0 Å². The molecular formula is C42H32N2O. The van der Waals surface area contributed by atoms with Crippen molar-refractivity contribution < 1.29 is 4.42 Å². The number of aromatic nitrogens is 1. The number of hydrogen-bond donors (Lipinski definition) is 0. The van der Waals surface area contributed by atoms with Crippen LogP contribution in [0.3, 0.4) is 0 Å². The van der Waals surface area contributed by atoms with Gasteiger partial charge in [0.1, 0.15) is 5.58 Å². The molecule has 8 aromatic rings. The van der Waals surface area contributed by atoms with Crippen molar-refractivity contribution in [1.29, 1.82) is 0 Å². The van der Waals surface area contributed by atoms with Crippen LogP contribution < -0.4 is 4.90 Å². The number of hydrogen-bond acceptors (Lipinski definition) is 2. The maximum atomic E-state index is 6.75. The van der Waals surface area contributed by atoms with Gasteiger partial charge in [-0.2, -0.15) is 0 Å². The SMILES string of the molecule is C/C=C\C=C(/C)N(c1ccccc1)c1cc2c3ccccc3oc2c2c1c1ccccc1n2-c1ccc(-c2ccccc2)cc1. The summed E-state index contributed by atoms with van der Waals surface area (Å²) in [6.07, 6.45) is 6.35. The third-order valence-corrected chi connectivity index (χ3v) is 8.63. The third-order valence-electron chi connectivity index (χ3n) is 8.63. The van der Waals surface area contributed by atoms with Crippen molar-refractivity contribution in [3.8, 4) is 16.8 Å². The third kappa shape index (κ3) is 4.44. The van der Waals surface area contributed by atoms with E-state index < -0.39 is 0 Å². The molecule has 45 heavy (non-hydrogen) atoms. The molecule has 2 aromatic heterocycles. The van der Waals surface area contributed by atoms with E-state index in [1.54, 1.807) is 0 Å². The Morgan fingerprint density at radius 1 is 0.667 bits per heavy atom. The Morgan fingerprint density at radius 3 is 2.07 bits per heavy atom. The van der Waals surface area contributed by atoms with Gasteiger partial charge in [-0.25, -0.2) is 0 Å². The molecule has 3 heteroatoms. The normalized spacial score (nSPS) is 12.3. The lowest BCUT2D eigenvalue weighted by Crippen LogP contribution is -2.14. The molecule has 0 spiro atoms. The first-order valence-corrected chi connectivity index (χ1v) is 15.4. The zero-order chi connectivity index (χ0) is 30.3. The van der Waals surface area contributed by atoms with E-state index in [1.807, 2.05) is 6.07 Å². The molecule has 216 valence electrons. The van der Waals surface area contributed by atoms with Crippen molar-refractivity contribution in [3.05, 3.63) is 163 Å². The van der Waals surface area contributed by atoms with Crippen LogP contribution in [0.15, 0.2) is 168 Å². The monoisotopic (exact) mass is 580 g/mol. The first-order valence-electron chi connectivity index (χ1n) is 15.4. The fraction of sp³-hybridized carbons (Fsp3) is 0.0476. The van der Waals surface area contributed by atoms with Gasteiger partial charge in [0.15, 0.2) is 5.58 Å².